The minimum absolute atomic E-state index is 0.0880. The van der Waals surface area contributed by atoms with Crippen LogP contribution in [0.1, 0.15) is 53.4 Å². The Hall–Kier alpha value is -1.39. The van der Waals surface area contributed by atoms with Gasteiger partial charge in [0.15, 0.2) is 0 Å². The highest BCUT2D eigenvalue weighted by molar-refractivity contribution is 5.69. The van der Waals surface area contributed by atoms with Crippen LogP contribution in [0.5, 0.6) is 0 Å². The maximum Gasteiger partial charge on any atom is 0.305 e. The van der Waals surface area contributed by atoms with Crippen LogP contribution in [0.15, 0.2) is 0 Å². The molecule has 0 aliphatic heterocycles. The van der Waals surface area contributed by atoms with Gasteiger partial charge in [-0.25, -0.2) is 0 Å². The quantitative estimate of drug-likeness (QED) is 0.688. The van der Waals surface area contributed by atoms with Crippen molar-refractivity contribution >= 4 is 18.7 Å². The largest absolute Gasteiger partial charge is 0.466 e. The zero-order valence-electron chi connectivity index (χ0n) is 12.0. The molecule has 0 radical (unpaired) electrons. The van der Waals surface area contributed by atoms with Crippen LogP contribution in [-0.4, -0.2) is 31.9 Å². The highest BCUT2D eigenvalue weighted by Crippen LogP contribution is 1.89. The highest BCUT2D eigenvalue weighted by atomic mass is 16.5. The highest BCUT2D eigenvalue weighted by Gasteiger charge is 1.95. The number of esters is 2. The Morgan fingerprint density at radius 1 is 0.778 bits per heavy atom. The fourth-order valence-electron chi connectivity index (χ4n) is 0.875. The molecule has 0 saturated carbocycles. The number of carbonyl (C=O) groups is 3. The summed E-state index contributed by atoms with van der Waals surface area (Å²) in [7, 11) is 0. The molecule has 0 spiro atoms. The molecule has 0 aromatic heterocycles. The van der Waals surface area contributed by atoms with Crippen molar-refractivity contribution in [1.82, 2.24) is 0 Å². The third kappa shape index (κ3) is 24.0. The van der Waals surface area contributed by atoms with Crippen molar-refractivity contribution in [1.29, 1.82) is 0 Å². The van der Waals surface area contributed by atoms with E-state index in [1.807, 2.05) is 34.5 Å². The van der Waals surface area contributed by atoms with E-state index in [4.69, 9.17) is 4.79 Å². The van der Waals surface area contributed by atoms with Crippen molar-refractivity contribution in [3.8, 4) is 0 Å². The van der Waals surface area contributed by atoms with Crippen molar-refractivity contribution in [3.05, 3.63) is 0 Å². The third-order valence-corrected chi connectivity index (χ3v) is 1.52. The van der Waals surface area contributed by atoms with Crippen LogP contribution >= 0.6 is 0 Å². The van der Waals surface area contributed by atoms with Crippen LogP contribution in [0, 0.1) is 0 Å². The molecule has 0 saturated heterocycles. The van der Waals surface area contributed by atoms with Crippen molar-refractivity contribution in [3.63, 3.8) is 0 Å². The maximum atomic E-state index is 10.4. The lowest BCUT2D eigenvalue weighted by molar-refractivity contribution is -0.144. The fourth-order valence-corrected chi connectivity index (χ4v) is 0.875. The summed E-state index contributed by atoms with van der Waals surface area (Å²) in [5.41, 5.74) is 0. The van der Waals surface area contributed by atoms with Gasteiger partial charge in [-0.1, -0.05) is 13.8 Å². The van der Waals surface area contributed by atoms with Gasteiger partial charge >= 0.3 is 11.9 Å². The van der Waals surface area contributed by atoms with Crippen molar-refractivity contribution in [2.24, 2.45) is 0 Å². The van der Waals surface area contributed by atoms with E-state index in [1.54, 1.807) is 0 Å². The lowest BCUT2D eigenvalue weighted by Gasteiger charge is -1.96. The number of hydrogen-bond acceptors (Lipinski definition) is 5. The molecule has 108 valence electrons. The Bertz CT molecular complexity index is 156. The van der Waals surface area contributed by atoms with Gasteiger partial charge in [-0.05, 0) is 26.7 Å². The number of rotatable bonds is 6. The van der Waals surface area contributed by atoms with E-state index < -0.39 is 0 Å². The van der Waals surface area contributed by atoms with Gasteiger partial charge < -0.3 is 14.3 Å². The van der Waals surface area contributed by atoms with E-state index in [0.717, 1.165) is 12.8 Å². The van der Waals surface area contributed by atoms with E-state index >= 15 is 0 Å². The third-order valence-electron chi connectivity index (χ3n) is 1.52. The first kappa shape index (κ1) is 21.9. The molecule has 0 fully saturated rings. The van der Waals surface area contributed by atoms with E-state index in [1.165, 1.54) is 0 Å². The van der Waals surface area contributed by atoms with Gasteiger partial charge in [0.2, 0.25) is 0 Å². The predicted octanol–water partition coefficient (Wildman–Crippen LogP) is 2.51. The molecule has 0 aliphatic rings. The number of hydrogen-bond donors (Lipinski definition) is 0. The molecule has 0 aromatic rings. The first-order valence-electron chi connectivity index (χ1n) is 6.22. The first-order chi connectivity index (χ1) is 8.62. The summed E-state index contributed by atoms with van der Waals surface area (Å²) in [6.45, 7) is 10.5. The van der Waals surface area contributed by atoms with Gasteiger partial charge in [0.05, 0.1) is 13.2 Å². The maximum absolute atomic E-state index is 10.4. The SMILES string of the molecule is C=O.CCCC(=O)OCC.CCCC(=O)OCC. The second-order valence-corrected chi connectivity index (χ2v) is 3.11. The minimum atomic E-state index is -0.0880. The zero-order valence-corrected chi connectivity index (χ0v) is 12.0. The van der Waals surface area contributed by atoms with Gasteiger partial charge in [0, 0.05) is 12.8 Å². The molecule has 0 rings (SSSR count). The summed E-state index contributed by atoms with van der Waals surface area (Å²) < 4.78 is 9.29. The van der Waals surface area contributed by atoms with Crippen molar-refractivity contribution in [2.45, 2.75) is 53.4 Å². The standard InChI is InChI=1S/2C6H12O2.CH2O/c2*1-3-5-6(7)8-4-2;1-2/h2*3-5H2,1-2H3;1H2. The normalized spacial score (nSPS) is 8.00. The van der Waals surface area contributed by atoms with Gasteiger partial charge in [-0.2, -0.15) is 0 Å². The van der Waals surface area contributed by atoms with Crippen LogP contribution in [0.3, 0.4) is 0 Å². The molecule has 0 unspecified atom stereocenters. The first-order valence-corrected chi connectivity index (χ1v) is 6.22. The van der Waals surface area contributed by atoms with Crippen LogP contribution in [0.25, 0.3) is 0 Å². The van der Waals surface area contributed by atoms with E-state index in [0.29, 0.717) is 26.1 Å². The molecule has 5 heteroatoms. The van der Waals surface area contributed by atoms with Crippen LogP contribution in [-0.2, 0) is 23.9 Å². The molecule has 18 heavy (non-hydrogen) atoms. The number of ether oxygens (including phenoxy) is 2. The van der Waals surface area contributed by atoms with Gasteiger partial charge in [0.25, 0.3) is 0 Å². The molecular weight excluding hydrogens is 236 g/mol. The smallest absolute Gasteiger partial charge is 0.305 e. The Morgan fingerprint density at radius 3 is 1.22 bits per heavy atom. The molecular formula is C13H26O5. The Morgan fingerprint density at radius 2 is 1.06 bits per heavy atom. The van der Waals surface area contributed by atoms with Gasteiger partial charge in [-0.3, -0.25) is 9.59 Å². The summed E-state index contributed by atoms with van der Waals surface area (Å²) in [4.78, 5) is 28.8. The second-order valence-electron chi connectivity index (χ2n) is 3.11. The lowest BCUT2D eigenvalue weighted by Crippen LogP contribution is -2.01. The van der Waals surface area contributed by atoms with Crippen molar-refractivity contribution < 1.29 is 23.9 Å². The molecule has 0 bridgehead atoms. The molecule has 0 aliphatic carbocycles. The van der Waals surface area contributed by atoms with E-state index in [9.17, 15) is 9.59 Å². The van der Waals surface area contributed by atoms with Gasteiger partial charge in [0.1, 0.15) is 6.79 Å². The summed E-state index contributed by atoms with van der Waals surface area (Å²) in [6, 6.07) is 0. The summed E-state index contributed by atoms with van der Waals surface area (Å²) in [5, 5.41) is 0. The minimum Gasteiger partial charge on any atom is -0.466 e. The van der Waals surface area contributed by atoms with E-state index in [2.05, 4.69) is 9.47 Å². The van der Waals surface area contributed by atoms with Crippen molar-refractivity contribution in [2.75, 3.05) is 13.2 Å². The molecule has 0 heterocycles. The predicted molar refractivity (Wildman–Crippen MR) is 70.2 cm³/mol. The van der Waals surface area contributed by atoms with Crippen LogP contribution in [0.2, 0.25) is 0 Å². The molecule has 5 nitrogen and oxygen atoms in total. The Kier molecular flexibility index (Phi) is 25.4. The molecule has 0 aromatic carbocycles. The fraction of sp³-hybridized carbons (Fsp3) is 0.769. The Labute approximate surface area is 110 Å². The average Bonchev–Trinajstić information content (AvgIpc) is 2.34. The molecule has 0 N–H and O–H groups in total. The summed E-state index contributed by atoms with van der Waals surface area (Å²) in [6.07, 6.45) is 2.85. The molecule has 0 atom stereocenters. The zero-order chi connectivity index (χ0) is 14.8. The Balaban J connectivity index is -0.000000219. The van der Waals surface area contributed by atoms with Gasteiger partial charge in [-0.15, -0.1) is 0 Å². The van der Waals surface area contributed by atoms with Crippen LogP contribution < -0.4 is 0 Å². The average molecular weight is 262 g/mol. The topological polar surface area (TPSA) is 69.7 Å². The monoisotopic (exact) mass is 262 g/mol. The summed E-state index contributed by atoms with van der Waals surface area (Å²) >= 11 is 0. The van der Waals surface area contributed by atoms with Crippen LogP contribution in [0.4, 0.5) is 0 Å². The lowest BCUT2D eigenvalue weighted by atomic mass is 10.3. The van der Waals surface area contributed by atoms with E-state index in [-0.39, 0.29) is 11.9 Å². The second kappa shape index (κ2) is 21.0. The number of carbonyl (C=O) groups excluding carboxylic acids is 3. The molecule has 0 amide bonds. The summed E-state index contributed by atoms with van der Waals surface area (Å²) in [5.74, 6) is -0.176.